The topological polar surface area (TPSA) is 97.0 Å². The summed E-state index contributed by atoms with van der Waals surface area (Å²) in [6, 6.07) is 8.95. The van der Waals surface area contributed by atoms with E-state index in [1.807, 2.05) is 13.8 Å². The van der Waals surface area contributed by atoms with Gasteiger partial charge >= 0.3 is 0 Å². The average Bonchev–Trinajstić information content (AvgIpc) is 2.83. The normalized spacial score (nSPS) is 15.6. The van der Waals surface area contributed by atoms with Crippen LogP contribution in [0.2, 0.25) is 0 Å². The van der Waals surface area contributed by atoms with Crippen molar-refractivity contribution in [3.8, 4) is 17.2 Å². The number of carbonyl (C=O) groups is 3. The van der Waals surface area contributed by atoms with Crippen molar-refractivity contribution in [2.75, 3.05) is 26.7 Å². The molecule has 2 aliphatic rings. The van der Waals surface area contributed by atoms with Crippen LogP contribution in [0.15, 0.2) is 36.4 Å². The molecular weight excluding hydrogens is 465 g/mol. The van der Waals surface area contributed by atoms with Gasteiger partial charge in [-0.3, -0.25) is 14.4 Å². The number of hydrogen-bond acceptors (Lipinski definition) is 5. The first-order valence-electron chi connectivity index (χ1n) is 12.2. The molecule has 36 heavy (non-hydrogen) atoms. The van der Waals surface area contributed by atoms with E-state index in [1.165, 1.54) is 19.2 Å². The highest BCUT2D eigenvalue weighted by molar-refractivity contribution is 5.94. The molecule has 0 aliphatic carbocycles. The van der Waals surface area contributed by atoms with Crippen LogP contribution in [0.4, 0.5) is 4.39 Å². The van der Waals surface area contributed by atoms with Gasteiger partial charge in [-0.1, -0.05) is 13.8 Å². The highest BCUT2D eigenvalue weighted by Crippen LogP contribution is 2.33. The molecule has 0 unspecified atom stereocenters. The van der Waals surface area contributed by atoms with Crippen LogP contribution >= 0.6 is 0 Å². The van der Waals surface area contributed by atoms with Crippen molar-refractivity contribution in [2.24, 2.45) is 5.92 Å². The molecule has 2 heterocycles. The first kappa shape index (κ1) is 27.0. The van der Waals surface area contributed by atoms with Crippen LogP contribution in [0.5, 0.6) is 17.2 Å². The Morgan fingerprint density at radius 1 is 1.11 bits per heavy atom. The van der Waals surface area contributed by atoms with E-state index in [1.54, 1.807) is 29.2 Å². The zero-order valence-corrected chi connectivity index (χ0v) is 21.1. The van der Waals surface area contributed by atoms with E-state index in [9.17, 15) is 18.8 Å². The fraction of sp³-hybridized carbons (Fsp3) is 0.444. The SMILES string of the molecule is COc1cc2ccc1Oc1cc(F)cc(c1)CNC(=O)CCCN(C(=O)CC(C)C)CCCNC2=O. The second-order valence-electron chi connectivity index (χ2n) is 9.23. The van der Waals surface area contributed by atoms with Gasteiger partial charge in [-0.15, -0.1) is 0 Å². The van der Waals surface area contributed by atoms with Gasteiger partial charge in [-0.2, -0.15) is 0 Å². The standard InChI is InChI=1S/C27H34FN3O5/c1-18(2)12-26(33)31-10-4-6-25(32)30-17-19-13-21(28)16-22(14-19)36-23-8-7-20(15-24(23)35-3)27(34)29-9-5-11-31/h7-8,13-16,18H,4-6,9-12,17H2,1-3H3,(H,29,34)(H,30,32). The molecule has 8 nitrogen and oxygen atoms in total. The second-order valence-corrected chi connectivity index (χ2v) is 9.23. The number of hydrogen-bond donors (Lipinski definition) is 2. The summed E-state index contributed by atoms with van der Waals surface area (Å²) in [5, 5.41) is 5.67. The molecule has 3 amide bonds. The van der Waals surface area contributed by atoms with Gasteiger partial charge < -0.3 is 25.0 Å². The zero-order chi connectivity index (χ0) is 26.1. The van der Waals surface area contributed by atoms with Crippen molar-refractivity contribution >= 4 is 17.7 Å². The number of halogens is 1. The minimum absolute atomic E-state index is 0.0338. The van der Waals surface area contributed by atoms with Gasteiger partial charge in [0, 0.05) is 50.7 Å². The van der Waals surface area contributed by atoms with Gasteiger partial charge in [0.05, 0.1) is 7.11 Å². The van der Waals surface area contributed by atoms with Crippen molar-refractivity contribution in [1.29, 1.82) is 0 Å². The molecule has 2 N–H and O–H groups in total. The van der Waals surface area contributed by atoms with Crippen LogP contribution in [0.25, 0.3) is 0 Å². The van der Waals surface area contributed by atoms with Gasteiger partial charge in [0.1, 0.15) is 11.6 Å². The van der Waals surface area contributed by atoms with Gasteiger partial charge in [0.25, 0.3) is 5.91 Å². The molecule has 0 spiro atoms. The minimum Gasteiger partial charge on any atom is -0.493 e. The predicted octanol–water partition coefficient (Wildman–Crippen LogP) is 4.03. The zero-order valence-electron chi connectivity index (χ0n) is 21.1. The Balaban J connectivity index is 1.83. The molecule has 0 aromatic heterocycles. The lowest BCUT2D eigenvalue weighted by Crippen LogP contribution is -2.36. The number of nitrogens with zero attached hydrogens (tertiary/aromatic N) is 1. The van der Waals surface area contributed by atoms with Gasteiger partial charge in [0.15, 0.2) is 11.5 Å². The number of fused-ring (bicyclic) bond motifs is 13. The quantitative estimate of drug-likeness (QED) is 0.665. The lowest BCUT2D eigenvalue weighted by atomic mass is 10.1. The summed E-state index contributed by atoms with van der Waals surface area (Å²) in [6.07, 6.45) is 1.75. The van der Waals surface area contributed by atoms with Crippen molar-refractivity contribution in [1.82, 2.24) is 15.5 Å². The number of amides is 3. The fourth-order valence-electron chi connectivity index (χ4n) is 3.93. The van der Waals surface area contributed by atoms with E-state index < -0.39 is 5.82 Å². The molecule has 2 aliphatic heterocycles. The van der Waals surface area contributed by atoms with E-state index >= 15 is 0 Å². The predicted molar refractivity (Wildman–Crippen MR) is 134 cm³/mol. The van der Waals surface area contributed by atoms with Gasteiger partial charge in [0.2, 0.25) is 11.8 Å². The number of benzene rings is 2. The second kappa shape index (κ2) is 12.9. The minimum atomic E-state index is -0.506. The molecule has 2 aromatic carbocycles. The molecule has 194 valence electrons. The molecule has 0 fully saturated rings. The Hall–Kier alpha value is -3.62. The lowest BCUT2D eigenvalue weighted by molar-refractivity contribution is -0.132. The van der Waals surface area contributed by atoms with E-state index in [0.29, 0.717) is 61.5 Å². The molecule has 9 heteroatoms. The van der Waals surface area contributed by atoms with Crippen molar-refractivity contribution in [3.05, 3.63) is 53.3 Å². The molecule has 0 saturated heterocycles. The Labute approximate surface area is 211 Å². The Morgan fingerprint density at radius 3 is 2.64 bits per heavy atom. The van der Waals surface area contributed by atoms with Crippen molar-refractivity contribution in [3.63, 3.8) is 0 Å². The van der Waals surface area contributed by atoms with Gasteiger partial charge in [-0.25, -0.2) is 4.39 Å². The molecule has 4 bridgehead atoms. The number of ether oxygens (including phenoxy) is 2. The highest BCUT2D eigenvalue weighted by atomic mass is 19.1. The number of carbonyl (C=O) groups excluding carboxylic acids is 3. The van der Waals surface area contributed by atoms with E-state index in [2.05, 4.69) is 10.6 Å². The summed E-state index contributed by atoms with van der Waals surface area (Å²) in [6.45, 7) is 5.43. The Bertz CT molecular complexity index is 1090. The lowest BCUT2D eigenvalue weighted by Gasteiger charge is -2.24. The average molecular weight is 500 g/mol. The molecule has 2 aromatic rings. The molecule has 0 saturated carbocycles. The Morgan fingerprint density at radius 2 is 1.89 bits per heavy atom. The van der Waals surface area contributed by atoms with Crippen LogP contribution < -0.4 is 20.1 Å². The number of rotatable bonds is 3. The monoisotopic (exact) mass is 499 g/mol. The van der Waals surface area contributed by atoms with Crippen LogP contribution in [-0.2, 0) is 16.1 Å². The summed E-state index contributed by atoms with van der Waals surface area (Å²) >= 11 is 0. The van der Waals surface area contributed by atoms with Crippen molar-refractivity contribution < 1.29 is 28.2 Å². The molecule has 4 rings (SSSR count). The first-order chi connectivity index (χ1) is 17.2. The Kier molecular flexibility index (Phi) is 9.67. The maximum Gasteiger partial charge on any atom is 0.251 e. The number of nitrogens with one attached hydrogen (secondary N) is 2. The summed E-state index contributed by atoms with van der Waals surface area (Å²) in [4.78, 5) is 39.5. The maximum atomic E-state index is 14.2. The van der Waals surface area contributed by atoms with E-state index in [0.717, 1.165) is 0 Å². The van der Waals surface area contributed by atoms with E-state index in [4.69, 9.17) is 9.47 Å². The summed E-state index contributed by atoms with van der Waals surface area (Å²) < 4.78 is 25.5. The largest absolute Gasteiger partial charge is 0.493 e. The molecule has 0 atom stereocenters. The fourth-order valence-corrected chi connectivity index (χ4v) is 3.93. The third-order valence-corrected chi connectivity index (χ3v) is 5.73. The number of methoxy groups -OCH3 is 1. The summed E-state index contributed by atoms with van der Waals surface area (Å²) in [7, 11) is 1.46. The maximum absolute atomic E-state index is 14.2. The van der Waals surface area contributed by atoms with Crippen LogP contribution in [0.3, 0.4) is 0 Å². The highest BCUT2D eigenvalue weighted by Gasteiger charge is 2.17. The van der Waals surface area contributed by atoms with Crippen LogP contribution in [0.1, 0.15) is 55.5 Å². The van der Waals surface area contributed by atoms with Crippen LogP contribution in [-0.4, -0.2) is 49.4 Å². The summed E-state index contributed by atoms with van der Waals surface area (Å²) in [5.41, 5.74) is 0.931. The van der Waals surface area contributed by atoms with Crippen molar-refractivity contribution in [2.45, 2.75) is 46.1 Å². The molecule has 0 radical (unpaired) electrons. The van der Waals surface area contributed by atoms with Gasteiger partial charge in [-0.05, 0) is 54.7 Å². The first-order valence-corrected chi connectivity index (χ1v) is 12.2. The third kappa shape index (κ3) is 7.96. The third-order valence-electron chi connectivity index (χ3n) is 5.73. The van der Waals surface area contributed by atoms with E-state index in [-0.39, 0.29) is 42.4 Å². The van der Waals surface area contributed by atoms with Crippen LogP contribution in [0, 0.1) is 11.7 Å². The molecular formula is C27H34FN3O5. The summed E-state index contributed by atoms with van der Waals surface area (Å²) in [5.74, 6) is 0.170. The smallest absolute Gasteiger partial charge is 0.251 e.